The number of hydrogen-bond acceptors (Lipinski definition) is 2. The number of carbonyl (C=O) groups excluding carboxylic acids is 2. The summed E-state index contributed by atoms with van der Waals surface area (Å²) in [5, 5.41) is 0. The molecule has 8 saturated carbocycles. The Balaban J connectivity index is 1.08. The van der Waals surface area contributed by atoms with Crippen molar-refractivity contribution in [2.24, 2.45) is 46.3 Å². The van der Waals surface area contributed by atoms with Gasteiger partial charge in [0.25, 0.3) is 0 Å². The summed E-state index contributed by atoms with van der Waals surface area (Å²) in [4.78, 5) is 31.3. The Labute approximate surface area is 191 Å². The first-order valence-corrected chi connectivity index (χ1v) is 13.6. The van der Waals surface area contributed by atoms with Gasteiger partial charge in [0.15, 0.2) is 0 Å². The summed E-state index contributed by atoms with van der Waals surface area (Å²) < 4.78 is 15.2. The molecule has 8 bridgehead atoms. The SMILES string of the molecule is O=C(N1CCN(C(=O)C23CC4CC(CC(C4)C2)C3)CC(F)C1)C12CC3CC(CC(C3)C1)C2. The van der Waals surface area contributed by atoms with Crippen molar-refractivity contribution in [1.82, 2.24) is 9.80 Å². The van der Waals surface area contributed by atoms with Gasteiger partial charge in [-0.15, -0.1) is 0 Å². The number of amides is 2. The predicted octanol–water partition coefficient (Wildman–Crippen LogP) is 4.43. The molecule has 1 aliphatic heterocycles. The predicted molar refractivity (Wildman–Crippen MR) is 119 cm³/mol. The maximum Gasteiger partial charge on any atom is 0.228 e. The molecule has 0 N–H and O–H groups in total. The fourth-order valence-corrected chi connectivity index (χ4v) is 10.7. The van der Waals surface area contributed by atoms with Crippen molar-refractivity contribution in [3.63, 3.8) is 0 Å². The molecule has 0 spiro atoms. The van der Waals surface area contributed by atoms with Crippen LogP contribution in [0.2, 0.25) is 0 Å². The summed E-state index contributed by atoms with van der Waals surface area (Å²) in [5.74, 6) is 4.74. The number of nitrogens with zero attached hydrogens (tertiary/aromatic N) is 2. The summed E-state index contributed by atoms with van der Waals surface area (Å²) >= 11 is 0. The van der Waals surface area contributed by atoms with E-state index in [1.54, 1.807) is 0 Å². The van der Waals surface area contributed by atoms with E-state index in [4.69, 9.17) is 0 Å². The highest BCUT2D eigenvalue weighted by atomic mass is 19.1. The molecule has 0 aromatic rings. The average Bonchev–Trinajstić information content (AvgIpc) is 2.92. The topological polar surface area (TPSA) is 40.6 Å². The van der Waals surface area contributed by atoms with Crippen LogP contribution in [0.15, 0.2) is 0 Å². The maximum absolute atomic E-state index is 15.2. The molecule has 0 unspecified atom stereocenters. The molecule has 32 heavy (non-hydrogen) atoms. The van der Waals surface area contributed by atoms with E-state index in [2.05, 4.69) is 0 Å². The standard InChI is InChI=1S/C27H39FN2O2/c28-23-15-29(24(31)26-9-17-3-18(10-26)5-19(4-17)11-26)1-2-30(16-23)25(32)27-12-20-6-21(13-27)8-22(7-20)14-27/h17-23H,1-16H2. The average molecular weight is 443 g/mol. The first-order valence-electron chi connectivity index (χ1n) is 13.6. The van der Waals surface area contributed by atoms with Crippen molar-refractivity contribution in [1.29, 1.82) is 0 Å². The van der Waals surface area contributed by atoms with E-state index in [0.29, 0.717) is 48.6 Å². The van der Waals surface area contributed by atoms with Crippen LogP contribution in [0, 0.1) is 46.3 Å². The van der Waals surface area contributed by atoms with E-state index < -0.39 is 6.17 Å². The van der Waals surface area contributed by atoms with Gasteiger partial charge in [-0.1, -0.05) is 0 Å². The third-order valence-electron chi connectivity index (χ3n) is 11.0. The van der Waals surface area contributed by atoms with E-state index in [1.165, 1.54) is 38.5 Å². The van der Waals surface area contributed by atoms with Gasteiger partial charge in [0, 0.05) is 13.1 Å². The first-order chi connectivity index (χ1) is 15.4. The fourth-order valence-electron chi connectivity index (χ4n) is 10.7. The Bertz CT molecular complexity index is 688. The van der Waals surface area contributed by atoms with E-state index in [-0.39, 0.29) is 35.7 Å². The van der Waals surface area contributed by atoms with E-state index >= 15 is 4.39 Å². The molecule has 2 amide bonds. The molecule has 9 fully saturated rings. The molecule has 0 radical (unpaired) electrons. The van der Waals surface area contributed by atoms with Crippen molar-refractivity contribution in [3.05, 3.63) is 0 Å². The van der Waals surface area contributed by atoms with Crippen LogP contribution in [0.3, 0.4) is 0 Å². The zero-order valence-corrected chi connectivity index (χ0v) is 19.4. The lowest BCUT2D eigenvalue weighted by Gasteiger charge is -2.56. The van der Waals surface area contributed by atoms with Gasteiger partial charge < -0.3 is 9.80 Å². The van der Waals surface area contributed by atoms with Gasteiger partial charge in [-0.05, 0) is 113 Å². The van der Waals surface area contributed by atoms with Crippen molar-refractivity contribution in [2.45, 2.75) is 83.2 Å². The lowest BCUT2D eigenvalue weighted by Crippen LogP contribution is -2.56. The van der Waals surface area contributed by atoms with Crippen LogP contribution in [0.5, 0.6) is 0 Å². The van der Waals surface area contributed by atoms with Gasteiger partial charge in [-0.25, -0.2) is 4.39 Å². The number of carbonyl (C=O) groups is 2. The highest BCUT2D eigenvalue weighted by Crippen LogP contribution is 2.62. The maximum atomic E-state index is 15.2. The van der Waals surface area contributed by atoms with Crippen LogP contribution >= 0.6 is 0 Å². The summed E-state index contributed by atoms with van der Waals surface area (Å²) in [6, 6.07) is 0. The number of hydrogen-bond donors (Lipinski definition) is 0. The van der Waals surface area contributed by atoms with Crippen LogP contribution in [0.4, 0.5) is 4.39 Å². The minimum atomic E-state index is -1.12. The highest BCUT2D eigenvalue weighted by Gasteiger charge is 2.57. The number of alkyl halides is 1. The van der Waals surface area contributed by atoms with E-state index in [9.17, 15) is 9.59 Å². The van der Waals surface area contributed by atoms with E-state index in [1.807, 2.05) is 9.80 Å². The third-order valence-corrected chi connectivity index (χ3v) is 11.0. The summed E-state index contributed by atoms with van der Waals surface area (Å²) in [6.07, 6.45) is 12.9. The lowest BCUT2D eigenvalue weighted by atomic mass is 9.49. The molecule has 1 heterocycles. The normalized spacial score (nSPS) is 51.2. The highest BCUT2D eigenvalue weighted by molar-refractivity contribution is 5.85. The third kappa shape index (κ3) is 3.04. The van der Waals surface area contributed by atoms with Gasteiger partial charge in [0.2, 0.25) is 11.8 Å². The summed E-state index contributed by atoms with van der Waals surface area (Å²) in [5.41, 5.74) is -0.429. The largest absolute Gasteiger partial charge is 0.337 e. The van der Waals surface area contributed by atoms with Crippen LogP contribution in [-0.4, -0.2) is 54.0 Å². The Morgan fingerprint density at radius 1 is 0.562 bits per heavy atom. The molecule has 5 heteroatoms. The number of halogens is 1. The Morgan fingerprint density at radius 2 is 0.844 bits per heavy atom. The molecule has 8 aliphatic carbocycles. The van der Waals surface area contributed by atoms with Gasteiger partial charge >= 0.3 is 0 Å². The molecule has 4 nitrogen and oxygen atoms in total. The summed E-state index contributed by atoms with van der Waals surface area (Å²) in [6.45, 7) is 1.43. The van der Waals surface area contributed by atoms with Crippen molar-refractivity contribution < 1.29 is 14.0 Å². The van der Waals surface area contributed by atoms with Crippen LogP contribution in [-0.2, 0) is 9.59 Å². The smallest absolute Gasteiger partial charge is 0.228 e. The molecule has 0 aromatic carbocycles. The van der Waals surface area contributed by atoms with Gasteiger partial charge in [-0.3, -0.25) is 9.59 Å². The first kappa shape index (κ1) is 20.3. The molecule has 176 valence electrons. The minimum Gasteiger partial charge on any atom is -0.337 e. The molecule has 9 rings (SSSR count). The molecular formula is C27H39FN2O2. The summed E-state index contributed by atoms with van der Waals surface area (Å²) in [7, 11) is 0. The Morgan fingerprint density at radius 3 is 1.12 bits per heavy atom. The van der Waals surface area contributed by atoms with Gasteiger partial charge in [0.1, 0.15) is 6.17 Å². The second kappa shape index (κ2) is 6.95. The second-order valence-electron chi connectivity index (χ2n) is 13.5. The minimum absolute atomic E-state index is 0.186. The monoisotopic (exact) mass is 442 g/mol. The van der Waals surface area contributed by atoms with Gasteiger partial charge in [0.05, 0.1) is 23.9 Å². The van der Waals surface area contributed by atoms with Crippen LogP contribution < -0.4 is 0 Å². The Hall–Kier alpha value is -1.13. The van der Waals surface area contributed by atoms with Crippen LogP contribution in [0.25, 0.3) is 0 Å². The van der Waals surface area contributed by atoms with Gasteiger partial charge in [-0.2, -0.15) is 0 Å². The molecule has 9 aliphatic rings. The number of rotatable bonds is 2. The lowest BCUT2D eigenvalue weighted by molar-refractivity contribution is -0.159. The van der Waals surface area contributed by atoms with E-state index in [0.717, 1.165) is 38.5 Å². The Kier molecular flexibility index (Phi) is 4.40. The molecular weight excluding hydrogens is 403 g/mol. The second-order valence-corrected chi connectivity index (χ2v) is 13.5. The molecule has 0 atom stereocenters. The van der Waals surface area contributed by atoms with Crippen molar-refractivity contribution >= 4 is 11.8 Å². The zero-order valence-electron chi connectivity index (χ0n) is 19.4. The fraction of sp³-hybridized carbons (Fsp3) is 0.926. The quantitative estimate of drug-likeness (QED) is 0.635. The van der Waals surface area contributed by atoms with Crippen LogP contribution in [0.1, 0.15) is 77.0 Å². The van der Waals surface area contributed by atoms with Crippen molar-refractivity contribution in [2.75, 3.05) is 26.2 Å². The molecule has 1 saturated heterocycles. The van der Waals surface area contributed by atoms with Crippen molar-refractivity contribution in [3.8, 4) is 0 Å². The molecule has 0 aromatic heterocycles. The zero-order chi connectivity index (χ0) is 21.7.